The summed E-state index contributed by atoms with van der Waals surface area (Å²) in [6.45, 7) is 0. The summed E-state index contributed by atoms with van der Waals surface area (Å²) >= 11 is 0. The molecule has 2 aliphatic rings. The van der Waals surface area contributed by atoms with E-state index in [2.05, 4.69) is 52.1 Å². The molecule has 0 spiro atoms. The van der Waals surface area contributed by atoms with Crippen molar-refractivity contribution >= 4 is 5.91 Å². The summed E-state index contributed by atoms with van der Waals surface area (Å²) in [7, 11) is 2.09. The van der Waals surface area contributed by atoms with E-state index in [4.69, 9.17) is 5.73 Å². The fraction of sp³-hybridized carbons (Fsp3) is 0.526. The number of nitrogens with two attached hydrogens (primary N) is 1. The van der Waals surface area contributed by atoms with E-state index in [0.717, 1.165) is 50.2 Å². The van der Waals surface area contributed by atoms with Crippen molar-refractivity contribution in [3.05, 3.63) is 47.5 Å². The largest absolute Gasteiger partial charge is 0.369 e. The standard InChI is InChI=1S/C19H24N4O/c1-23-17(14-9-7-13(8-10-14)16(20)24)21-22-18(23)19(11-12-19)15-5-3-2-4-6-15/h2-6,13-14H,7-12H2,1H3,(H2,20,24)/t13-,14-. The molecule has 0 radical (unpaired) electrons. The maximum Gasteiger partial charge on any atom is 0.220 e. The van der Waals surface area contributed by atoms with Gasteiger partial charge in [-0.25, -0.2) is 0 Å². The Morgan fingerprint density at radius 2 is 1.79 bits per heavy atom. The first-order valence-corrected chi connectivity index (χ1v) is 8.86. The number of carbonyl (C=O) groups is 1. The first-order valence-electron chi connectivity index (χ1n) is 8.86. The fourth-order valence-corrected chi connectivity index (χ4v) is 4.27. The number of carbonyl (C=O) groups excluding carboxylic acids is 1. The maximum absolute atomic E-state index is 11.4. The predicted molar refractivity (Wildman–Crippen MR) is 91.4 cm³/mol. The topological polar surface area (TPSA) is 73.8 Å². The van der Waals surface area contributed by atoms with Crippen molar-refractivity contribution in [3.8, 4) is 0 Å². The minimum atomic E-state index is -0.159. The molecule has 5 heteroatoms. The summed E-state index contributed by atoms with van der Waals surface area (Å²) in [4.78, 5) is 11.4. The monoisotopic (exact) mass is 324 g/mol. The van der Waals surface area contributed by atoms with E-state index in [1.165, 1.54) is 5.56 Å². The van der Waals surface area contributed by atoms with Gasteiger partial charge in [0.1, 0.15) is 11.6 Å². The Labute approximate surface area is 142 Å². The van der Waals surface area contributed by atoms with Gasteiger partial charge in [0.05, 0.1) is 5.41 Å². The second-order valence-corrected chi connectivity index (χ2v) is 7.34. The number of hydrogen-bond acceptors (Lipinski definition) is 3. The lowest BCUT2D eigenvalue weighted by Crippen LogP contribution is -2.27. The second-order valence-electron chi connectivity index (χ2n) is 7.34. The normalized spacial score (nSPS) is 25.4. The van der Waals surface area contributed by atoms with Crippen LogP contribution in [0.25, 0.3) is 0 Å². The molecule has 2 aromatic rings. The summed E-state index contributed by atoms with van der Waals surface area (Å²) in [5.41, 5.74) is 6.83. The minimum absolute atomic E-state index is 0.0352. The van der Waals surface area contributed by atoms with Crippen molar-refractivity contribution in [2.24, 2.45) is 18.7 Å². The average molecular weight is 324 g/mol. The molecule has 1 aromatic carbocycles. The molecule has 2 aliphatic carbocycles. The van der Waals surface area contributed by atoms with E-state index in [9.17, 15) is 4.79 Å². The molecule has 0 aliphatic heterocycles. The molecular weight excluding hydrogens is 300 g/mol. The summed E-state index contributed by atoms with van der Waals surface area (Å²) in [5.74, 6) is 2.41. The third kappa shape index (κ3) is 2.43. The molecule has 2 fully saturated rings. The van der Waals surface area contributed by atoms with Crippen LogP contribution in [0.3, 0.4) is 0 Å². The Morgan fingerprint density at radius 1 is 1.12 bits per heavy atom. The summed E-state index contributed by atoms with van der Waals surface area (Å²) in [6.07, 6.45) is 5.95. The zero-order valence-corrected chi connectivity index (χ0v) is 14.1. The molecule has 0 unspecified atom stereocenters. The molecule has 1 aromatic heterocycles. The number of aromatic nitrogens is 3. The van der Waals surface area contributed by atoms with Gasteiger partial charge in [0.15, 0.2) is 0 Å². The summed E-state index contributed by atoms with van der Waals surface area (Å²) in [6, 6.07) is 10.6. The zero-order valence-electron chi connectivity index (χ0n) is 14.1. The number of nitrogens with zero attached hydrogens (tertiary/aromatic N) is 3. The lowest BCUT2D eigenvalue weighted by molar-refractivity contribution is -0.122. The molecule has 1 heterocycles. The molecule has 4 rings (SSSR count). The van der Waals surface area contributed by atoms with Gasteiger partial charge in [-0.2, -0.15) is 0 Å². The van der Waals surface area contributed by atoms with E-state index < -0.39 is 0 Å². The first kappa shape index (κ1) is 15.4. The van der Waals surface area contributed by atoms with Crippen molar-refractivity contribution in [2.75, 3.05) is 0 Å². The average Bonchev–Trinajstić information content (AvgIpc) is 3.33. The van der Waals surface area contributed by atoms with Crippen LogP contribution in [0.4, 0.5) is 0 Å². The van der Waals surface area contributed by atoms with Gasteiger partial charge in [-0.3, -0.25) is 4.79 Å². The van der Waals surface area contributed by atoms with E-state index >= 15 is 0 Å². The Morgan fingerprint density at radius 3 is 2.38 bits per heavy atom. The van der Waals surface area contributed by atoms with Crippen LogP contribution in [0.1, 0.15) is 61.7 Å². The lowest BCUT2D eigenvalue weighted by Gasteiger charge is -2.26. The smallest absolute Gasteiger partial charge is 0.220 e. The molecule has 0 bridgehead atoms. The van der Waals surface area contributed by atoms with Gasteiger partial charge in [0.2, 0.25) is 5.91 Å². The predicted octanol–water partition coefficient (Wildman–Crippen LogP) is 2.65. The van der Waals surface area contributed by atoms with E-state index in [0.29, 0.717) is 5.92 Å². The van der Waals surface area contributed by atoms with Crippen molar-refractivity contribution in [1.29, 1.82) is 0 Å². The number of benzene rings is 1. The third-order valence-corrected chi connectivity index (χ3v) is 5.91. The number of primary amides is 1. The van der Waals surface area contributed by atoms with E-state index in [-0.39, 0.29) is 17.2 Å². The quantitative estimate of drug-likeness (QED) is 0.939. The van der Waals surface area contributed by atoms with Gasteiger partial charge in [0, 0.05) is 18.9 Å². The van der Waals surface area contributed by atoms with Gasteiger partial charge < -0.3 is 10.3 Å². The highest BCUT2D eigenvalue weighted by molar-refractivity contribution is 5.76. The molecule has 2 N–H and O–H groups in total. The molecule has 0 atom stereocenters. The molecule has 0 saturated heterocycles. The van der Waals surface area contributed by atoms with Crippen molar-refractivity contribution in [3.63, 3.8) is 0 Å². The Hall–Kier alpha value is -2.17. The maximum atomic E-state index is 11.4. The highest BCUT2D eigenvalue weighted by atomic mass is 16.1. The highest BCUT2D eigenvalue weighted by Crippen LogP contribution is 2.53. The van der Waals surface area contributed by atoms with Gasteiger partial charge in [-0.05, 0) is 44.1 Å². The molecule has 2 saturated carbocycles. The molecule has 24 heavy (non-hydrogen) atoms. The Kier molecular flexibility index (Phi) is 3.66. The van der Waals surface area contributed by atoms with Crippen LogP contribution >= 0.6 is 0 Å². The highest BCUT2D eigenvalue weighted by Gasteiger charge is 2.50. The van der Waals surface area contributed by atoms with E-state index in [1.807, 2.05) is 0 Å². The summed E-state index contributed by atoms with van der Waals surface area (Å²) in [5, 5.41) is 9.11. The number of hydrogen-bond donors (Lipinski definition) is 1. The van der Waals surface area contributed by atoms with Crippen molar-refractivity contribution < 1.29 is 4.79 Å². The molecular formula is C19H24N4O. The van der Waals surface area contributed by atoms with Gasteiger partial charge >= 0.3 is 0 Å². The lowest BCUT2D eigenvalue weighted by atomic mass is 9.81. The van der Waals surface area contributed by atoms with Crippen molar-refractivity contribution in [2.45, 2.75) is 49.9 Å². The zero-order chi connectivity index (χ0) is 16.7. The molecule has 5 nitrogen and oxygen atoms in total. The Bertz CT molecular complexity index is 740. The van der Waals surface area contributed by atoms with Crippen LogP contribution in [0.5, 0.6) is 0 Å². The van der Waals surface area contributed by atoms with Crippen LogP contribution in [-0.4, -0.2) is 20.7 Å². The molecule has 126 valence electrons. The number of amides is 1. The van der Waals surface area contributed by atoms with Crippen molar-refractivity contribution in [1.82, 2.24) is 14.8 Å². The first-order chi connectivity index (χ1) is 11.6. The summed E-state index contributed by atoms with van der Waals surface area (Å²) < 4.78 is 2.20. The van der Waals surface area contributed by atoms with Crippen LogP contribution in [-0.2, 0) is 17.3 Å². The third-order valence-electron chi connectivity index (χ3n) is 5.91. The molecule has 1 amide bonds. The van der Waals surface area contributed by atoms with E-state index in [1.54, 1.807) is 0 Å². The fourth-order valence-electron chi connectivity index (χ4n) is 4.27. The minimum Gasteiger partial charge on any atom is -0.369 e. The number of rotatable bonds is 4. The van der Waals surface area contributed by atoms with Crippen LogP contribution in [0.15, 0.2) is 30.3 Å². The van der Waals surface area contributed by atoms with Crippen LogP contribution < -0.4 is 5.73 Å². The van der Waals surface area contributed by atoms with Gasteiger partial charge in [-0.1, -0.05) is 30.3 Å². The second kappa shape index (κ2) is 5.72. The van der Waals surface area contributed by atoms with Gasteiger partial charge in [-0.15, -0.1) is 10.2 Å². The Balaban J connectivity index is 1.58. The SMILES string of the molecule is Cn1c(C2(c3ccccc3)CC2)nnc1[C@H]1CC[C@H](C(N)=O)CC1. The van der Waals surface area contributed by atoms with Crippen LogP contribution in [0, 0.1) is 5.92 Å². The van der Waals surface area contributed by atoms with Gasteiger partial charge in [0.25, 0.3) is 0 Å². The van der Waals surface area contributed by atoms with Crippen LogP contribution in [0.2, 0.25) is 0 Å².